The largest absolute Gasteiger partial charge is 0.481 e. The number of aromatic nitrogens is 1. The summed E-state index contributed by atoms with van der Waals surface area (Å²) in [6, 6.07) is 4.55. The molecular formula is C18H24N2O2. The van der Waals surface area contributed by atoms with Gasteiger partial charge in [-0.3, -0.25) is 4.79 Å². The van der Waals surface area contributed by atoms with Crippen molar-refractivity contribution >= 4 is 16.9 Å². The van der Waals surface area contributed by atoms with Crippen molar-refractivity contribution < 1.29 is 9.90 Å². The van der Waals surface area contributed by atoms with Gasteiger partial charge in [-0.1, -0.05) is 13.8 Å². The number of nitrogens with one attached hydrogen (secondary N) is 1. The van der Waals surface area contributed by atoms with E-state index in [9.17, 15) is 9.90 Å². The van der Waals surface area contributed by atoms with Gasteiger partial charge in [-0.15, -0.1) is 0 Å². The number of aryl methyl sites for hydroxylation is 1. The molecule has 0 bridgehead atoms. The molecule has 1 aliphatic heterocycles. The highest BCUT2D eigenvalue weighted by molar-refractivity contribution is 5.86. The first-order valence-electron chi connectivity index (χ1n) is 8.21. The fourth-order valence-corrected chi connectivity index (χ4v) is 3.42. The maximum Gasteiger partial charge on any atom is 0.306 e. The van der Waals surface area contributed by atoms with Gasteiger partial charge in [-0.2, -0.15) is 0 Å². The van der Waals surface area contributed by atoms with E-state index >= 15 is 0 Å². The summed E-state index contributed by atoms with van der Waals surface area (Å²) in [7, 11) is 0. The monoisotopic (exact) mass is 300 g/mol. The number of benzene rings is 1. The smallest absolute Gasteiger partial charge is 0.306 e. The normalized spacial score (nSPS) is 15.2. The van der Waals surface area contributed by atoms with E-state index in [4.69, 9.17) is 0 Å². The molecular weight excluding hydrogens is 276 g/mol. The molecule has 4 heteroatoms. The minimum Gasteiger partial charge on any atom is -0.481 e. The van der Waals surface area contributed by atoms with Crippen LogP contribution >= 0.6 is 0 Å². The quantitative estimate of drug-likeness (QED) is 0.860. The number of nitrogens with zero attached hydrogens (tertiary/aromatic N) is 1. The Kier molecular flexibility index (Phi) is 4.21. The van der Waals surface area contributed by atoms with E-state index in [1.165, 1.54) is 27.6 Å². The Morgan fingerprint density at radius 3 is 2.68 bits per heavy atom. The summed E-state index contributed by atoms with van der Waals surface area (Å²) >= 11 is 0. The first-order valence-corrected chi connectivity index (χ1v) is 8.21. The average molecular weight is 300 g/mol. The fourth-order valence-electron chi connectivity index (χ4n) is 3.42. The van der Waals surface area contributed by atoms with Crippen LogP contribution in [0.5, 0.6) is 0 Å². The summed E-state index contributed by atoms with van der Waals surface area (Å²) in [6.45, 7) is 6.95. The van der Waals surface area contributed by atoms with Crippen LogP contribution in [0.2, 0.25) is 0 Å². The number of aliphatic carboxylic acids is 1. The van der Waals surface area contributed by atoms with Crippen molar-refractivity contribution in [2.24, 2.45) is 5.92 Å². The molecule has 1 unspecified atom stereocenters. The van der Waals surface area contributed by atoms with Crippen molar-refractivity contribution in [2.75, 3.05) is 0 Å². The molecule has 1 atom stereocenters. The van der Waals surface area contributed by atoms with Gasteiger partial charge in [0.05, 0.1) is 5.92 Å². The summed E-state index contributed by atoms with van der Waals surface area (Å²) in [4.78, 5) is 11.4. The molecule has 1 aromatic heterocycles. The van der Waals surface area contributed by atoms with Crippen LogP contribution in [0, 0.1) is 5.92 Å². The SMILES string of the molecule is CCCn1cc(CC(CC)C(=O)O)c2cc3c(cc21)CNC3. The summed E-state index contributed by atoms with van der Waals surface area (Å²) in [5, 5.41) is 14.0. The average Bonchev–Trinajstić information content (AvgIpc) is 3.07. The Labute approximate surface area is 131 Å². The van der Waals surface area contributed by atoms with Crippen LogP contribution in [0.3, 0.4) is 0 Å². The molecule has 0 fully saturated rings. The third-order valence-electron chi connectivity index (χ3n) is 4.69. The molecule has 0 saturated carbocycles. The lowest BCUT2D eigenvalue weighted by molar-refractivity contribution is -0.141. The van der Waals surface area contributed by atoms with E-state index in [2.05, 4.69) is 35.1 Å². The molecule has 1 aromatic carbocycles. The number of fused-ring (bicyclic) bond motifs is 2. The fraction of sp³-hybridized carbons (Fsp3) is 0.500. The standard InChI is InChI=1S/C18H24N2O2/c1-3-5-20-11-15(6-12(4-2)18(21)22)16-7-13-9-19-10-14(13)8-17(16)20/h7-8,11-12,19H,3-6,9-10H2,1-2H3,(H,21,22). The lowest BCUT2D eigenvalue weighted by Gasteiger charge is -2.08. The molecule has 1 aliphatic rings. The Morgan fingerprint density at radius 1 is 1.32 bits per heavy atom. The Morgan fingerprint density at radius 2 is 2.05 bits per heavy atom. The Hall–Kier alpha value is -1.81. The van der Waals surface area contributed by atoms with E-state index in [0.717, 1.165) is 26.1 Å². The van der Waals surface area contributed by atoms with Crippen molar-refractivity contribution in [3.05, 3.63) is 35.0 Å². The van der Waals surface area contributed by atoms with Crippen LogP contribution in [-0.4, -0.2) is 15.6 Å². The predicted molar refractivity (Wildman–Crippen MR) is 87.9 cm³/mol. The van der Waals surface area contributed by atoms with Crippen molar-refractivity contribution in [2.45, 2.75) is 52.7 Å². The van der Waals surface area contributed by atoms with E-state index < -0.39 is 5.97 Å². The summed E-state index contributed by atoms with van der Waals surface area (Å²) in [5.41, 5.74) is 5.15. The van der Waals surface area contributed by atoms with Gasteiger partial charge in [0.25, 0.3) is 0 Å². The zero-order valence-corrected chi connectivity index (χ0v) is 13.4. The number of hydrogen-bond acceptors (Lipinski definition) is 2. The lowest BCUT2D eigenvalue weighted by Crippen LogP contribution is -2.15. The van der Waals surface area contributed by atoms with Gasteiger partial charge in [0.15, 0.2) is 0 Å². The molecule has 0 amide bonds. The second kappa shape index (κ2) is 6.13. The number of carbonyl (C=O) groups is 1. The topological polar surface area (TPSA) is 54.3 Å². The van der Waals surface area contributed by atoms with Crippen molar-refractivity contribution in [3.63, 3.8) is 0 Å². The van der Waals surface area contributed by atoms with Crippen LogP contribution in [0.4, 0.5) is 0 Å². The Balaban J connectivity index is 2.07. The molecule has 0 spiro atoms. The van der Waals surface area contributed by atoms with Gasteiger partial charge >= 0.3 is 5.97 Å². The van der Waals surface area contributed by atoms with Gasteiger partial charge < -0.3 is 15.0 Å². The number of rotatable bonds is 6. The lowest BCUT2D eigenvalue weighted by atomic mass is 9.95. The number of hydrogen-bond donors (Lipinski definition) is 2. The van der Waals surface area contributed by atoms with E-state index in [1.54, 1.807) is 0 Å². The highest BCUT2D eigenvalue weighted by atomic mass is 16.4. The molecule has 2 aromatic rings. The second-order valence-corrected chi connectivity index (χ2v) is 6.24. The summed E-state index contributed by atoms with van der Waals surface area (Å²) in [5.74, 6) is -0.992. The third kappa shape index (κ3) is 2.63. The summed E-state index contributed by atoms with van der Waals surface area (Å²) in [6.07, 6.45) is 4.53. The van der Waals surface area contributed by atoms with Crippen LogP contribution in [0.15, 0.2) is 18.3 Å². The maximum absolute atomic E-state index is 11.4. The van der Waals surface area contributed by atoms with Crippen molar-refractivity contribution in [1.82, 2.24) is 9.88 Å². The summed E-state index contributed by atoms with van der Waals surface area (Å²) < 4.78 is 2.29. The highest BCUT2D eigenvalue weighted by Gasteiger charge is 2.20. The minimum absolute atomic E-state index is 0.299. The van der Waals surface area contributed by atoms with Crippen LogP contribution in [0.1, 0.15) is 43.4 Å². The van der Waals surface area contributed by atoms with Gasteiger partial charge in [0, 0.05) is 36.7 Å². The highest BCUT2D eigenvalue weighted by Crippen LogP contribution is 2.30. The predicted octanol–water partition coefficient (Wildman–Crippen LogP) is 3.31. The Bertz CT molecular complexity index is 703. The van der Waals surface area contributed by atoms with E-state index in [-0.39, 0.29) is 5.92 Å². The van der Waals surface area contributed by atoms with Crippen LogP contribution in [-0.2, 0) is 30.8 Å². The molecule has 0 aliphatic carbocycles. The molecule has 0 radical (unpaired) electrons. The first-order chi connectivity index (χ1) is 10.6. The van der Waals surface area contributed by atoms with Crippen LogP contribution in [0.25, 0.3) is 10.9 Å². The maximum atomic E-state index is 11.4. The molecule has 2 heterocycles. The molecule has 3 rings (SSSR count). The van der Waals surface area contributed by atoms with Gasteiger partial charge in [0.1, 0.15) is 0 Å². The second-order valence-electron chi connectivity index (χ2n) is 6.24. The van der Waals surface area contributed by atoms with E-state index in [1.807, 2.05) is 6.92 Å². The molecule has 2 N–H and O–H groups in total. The van der Waals surface area contributed by atoms with Gasteiger partial charge in [0.2, 0.25) is 0 Å². The number of carboxylic acids is 1. The number of carboxylic acid groups (broad SMARTS) is 1. The molecule has 4 nitrogen and oxygen atoms in total. The molecule has 0 saturated heterocycles. The molecule has 22 heavy (non-hydrogen) atoms. The van der Waals surface area contributed by atoms with Crippen LogP contribution < -0.4 is 5.32 Å². The first kappa shape index (κ1) is 15.1. The minimum atomic E-state index is -0.693. The van der Waals surface area contributed by atoms with E-state index in [0.29, 0.717) is 12.8 Å². The third-order valence-corrected chi connectivity index (χ3v) is 4.69. The zero-order valence-electron chi connectivity index (χ0n) is 13.4. The zero-order chi connectivity index (χ0) is 15.7. The van der Waals surface area contributed by atoms with Crippen molar-refractivity contribution in [1.29, 1.82) is 0 Å². The van der Waals surface area contributed by atoms with Gasteiger partial charge in [-0.25, -0.2) is 0 Å². The van der Waals surface area contributed by atoms with Crippen molar-refractivity contribution in [3.8, 4) is 0 Å². The van der Waals surface area contributed by atoms with Gasteiger partial charge in [-0.05, 0) is 48.1 Å². The molecule has 118 valence electrons.